The number of benzene rings is 2. The van der Waals surface area contributed by atoms with E-state index < -0.39 is 17.6 Å². The number of amides is 2. The number of nitrogens with zero attached hydrogens (tertiary/aromatic N) is 2. The number of likely N-dealkylation sites (tertiary alicyclic amines) is 1. The third-order valence-electron chi connectivity index (χ3n) is 8.19. The SMILES string of the molecule is O=C(CNC(=O)c1cccc(C(F)(F)F)c1)NC1CN(C2CCC(c3ccc(N4CCCC4)cc3)CC2)C1. The van der Waals surface area contributed by atoms with Crippen molar-refractivity contribution in [2.75, 3.05) is 37.6 Å². The molecule has 204 valence electrons. The second kappa shape index (κ2) is 11.4. The summed E-state index contributed by atoms with van der Waals surface area (Å²) in [6.07, 6.45) is 2.67. The van der Waals surface area contributed by atoms with E-state index >= 15 is 0 Å². The largest absolute Gasteiger partial charge is 0.416 e. The third-order valence-corrected chi connectivity index (χ3v) is 8.19. The summed E-state index contributed by atoms with van der Waals surface area (Å²) in [5.74, 6) is -0.434. The molecule has 3 fully saturated rings. The first kappa shape index (κ1) is 26.5. The summed E-state index contributed by atoms with van der Waals surface area (Å²) < 4.78 is 38.6. The highest BCUT2D eigenvalue weighted by Crippen LogP contribution is 2.37. The van der Waals surface area contributed by atoms with E-state index in [2.05, 4.69) is 44.7 Å². The van der Waals surface area contributed by atoms with Gasteiger partial charge in [-0.3, -0.25) is 14.5 Å². The molecule has 2 aliphatic heterocycles. The van der Waals surface area contributed by atoms with Crippen LogP contribution in [0.25, 0.3) is 0 Å². The molecule has 2 N–H and O–H groups in total. The van der Waals surface area contributed by atoms with Crippen LogP contribution in [-0.4, -0.2) is 61.5 Å². The van der Waals surface area contributed by atoms with Crippen LogP contribution in [0, 0.1) is 0 Å². The van der Waals surface area contributed by atoms with Gasteiger partial charge in [-0.05, 0) is 80.3 Å². The lowest BCUT2D eigenvalue weighted by atomic mass is 9.80. The summed E-state index contributed by atoms with van der Waals surface area (Å²) in [5.41, 5.74) is 1.75. The minimum absolute atomic E-state index is 0.0313. The normalized spacial score (nSPS) is 22.7. The van der Waals surface area contributed by atoms with Gasteiger partial charge >= 0.3 is 6.18 Å². The zero-order valence-electron chi connectivity index (χ0n) is 21.5. The van der Waals surface area contributed by atoms with Crippen LogP contribution in [0.4, 0.5) is 18.9 Å². The minimum atomic E-state index is -4.53. The van der Waals surface area contributed by atoms with Crippen molar-refractivity contribution >= 4 is 17.5 Å². The molecule has 1 saturated carbocycles. The van der Waals surface area contributed by atoms with Crippen LogP contribution >= 0.6 is 0 Å². The second-order valence-corrected chi connectivity index (χ2v) is 10.8. The lowest BCUT2D eigenvalue weighted by Crippen LogP contribution is -2.63. The maximum atomic E-state index is 12.9. The monoisotopic (exact) mass is 528 g/mol. The molecule has 2 aromatic rings. The Kier molecular flexibility index (Phi) is 7.93. The van der Waals surface area contributed by atoms with Crippen molar-refractivity contribution in [3.05, 3.63) is 65.2 Å². The molecule has 5 rings (SSSR count). The Morgan fingerprint density at radius 1 is 0.921 bits per heavy atom. The predicted molar refractivity (Wildman–Crippen MR) is 140 cm³/mol. The fourth-order valence-electron chi connectivity index (χ4n) is 5.99. The molecule has 2 aromatic carbocycles. The summed E-state index contributed by atoms with van der Waals surface area (Å²) in [4.78, 5) is 29.3. The number of nitrogens with one attached hydrogen (secondary N) is 2. The third kappa shape index (κ3) is 6.31. The van der Waals surface area contributed by atoms with Gasteiger partial charge in [-0.25, -0.2) is 0 Å². The van der Waals surface area contributed by atoms with Crippen molar-refractivity contribution in [3.63, 3.8) is 0 Å². The number of carbonyl (C=O) groups excluding carboxylic acids is 2. The zero-order chi connectivity index (χ0) is 26.7. The Balaban J connectivity index is 1.00. The number of alkyl halides is 3. The van der Waals surface area contributed by atoms with E-state index in [1.54, 1.807) is 0 Å². The van der Waals surface area contributed by atoms with Gasteiger partial charge in [0.15, 0.2) is 0 Å². The van der Waals surface area contributed by atoms with E-state index in [1.165, 1.54) is 49.1 Å². The topological polar surface area (TPSA) is 64.7 Å². The van der Waals surface area contributed by atoms with E-state index in [-0.39, 0.29) is 24.1 Å². The van der Waals surface area contributed by atoms with E-state index in [0.717, 1.165) is 51.2 Å². The van der Waals surface area contributed by atoms with Gasteiger partial charge < -0.3 is 15.5 Å². The van der Waals surface area contributed by atoms with Crippen molar-refractivity contribution in [1.29, 1.82) is 0 Å². The number of halogens is 3. The van der Waals surface area contributed by atoms with Gasteiger partial charge in [-0.15, -0.1) is 0 Å². The van der Waals surface area contributed by atoms with Gasteiger partial charge in [0.1, 0.15) is 0 Å². The molecule has 38 heavy (non-hydrogen) atoms. The first-order valence-corrected chi connectivity index (χ1v) is 13.6. The Morgan fingerprint density at radius 3 is 2.26 bits per heavy atom. The van der Waals surface area contributed by atoms with E-state index in [9.17, 15) is 22.8 Å². The van der Waals surface area contributed by atoms with Crippen molar-refractivity contribution < 1.29 is 22.8 Å². The number of anilines is 1. The van der Waals surface area contributed by atoms with Crippen LogP contribution < -0.4 is 15.5 Å². The Bertz CT molecular complexity index is 1120. The van der Waals surface area contributed by atoms with Gasteiger partial charge in [0.25, 0.3) is 5.91 Å². The molecular formula is C29H35F3N4O2. The van der Waals surface area contributed by atoms with Gasteiger partial charge in [0, 0.05) is 43.5 Å². The van der Waals surface area contributed by atoms with Crippen molar-refractivity contribution in [3.8, 4) is 0 Å². The Morgan fingerprint density at radius 2 is 1.61 bits per heavy atom. The molecule has 2 amide bonds. The highest BCUT2D eigenvalue weighted by Gasteiger charge is 2.35. The predicted octanol–water partition coefficient (Wildman–Crippen LogP) is 4.56. The molecule has 9 heteroatoms. The first-order chi connectivity index (χ1) is 18.3. The van der Waals surface area contributed by atoms with E-state index in [4.69, 9.17) is 0 Å². The van der Waals surface area contributed by atoms with Gasteiger partial charge in [-0.2, -0.15) is 13.2 Å². The number of rotatable bonds is 7. The van der Waals surface area contributed by atoms with Crippen molar-refractivity contribution in [2.45, 2.75) is 62.7 Å². The Hall–Kier alpha value is -3.07. The molecule has 0 unspecified atom stereocenters. The molecule has 3 aliphatic rings. The highest BCUT2D eigenvalue weighted by atomic mass is 19.4. The van der Waals surface area contributed by atoms with Crippen LogP contribution in [0.5, 0.6) is 0 Å². The molecular weight excluding hydrogens is 493 g/mol. The summed E-state index contributed by atoms with van der Waals surface area (Å²) in [6.45, 7) is 3.62. The number of hydrogen-bond donors (Lipinski definition) is 2. The van der Waals surface area contributed by atoms with E-state index in [1.807, 2.05) is 0 Å². The van der Waals surface area contributed by atoms with Gasteiger partial charge in [0.2, 0.25) is 5.91 Å². The van der Waals surface area contributed by atoms with Crippen LogP contribution in [-0.2, 0) is 11.0 Å². The van der Waals surface area contributed by atoms with Crippen molar-refractivity contribution in [2.24, 2.45) is 0 Å². The fourth-order valence-corrected chi connectivity index (χ4v) is 5.99. The summed E-state index contributed by atoms with van der Waals surface area (Å²) in [6, 6.07) is 13.9. The molecule has 2 saturated heterocycles. The summed E-state index contributed by atoms with van der Waals surface area (Å²) >= 11 is 0. The standard InChI is InChI=1S/C29H35F3N4O2/c30-29(31,32)23-5-3-4-22(16-23)28(38)33-17-27(37)34-24-18-36(19-24)26-12-8-21(9-13-26)20-6-10-25(11-7-20)35-14-1-2-15-35/h3-7,10-11,16,21,24,26H,1-2,8-9,12-15,17-19H2,(H,33,38)(H,34,37). The lowest BCUT2D eigenvalue weighted by molar-refractivity contribution is -0.137. The fraction of sp³-hybridized carbons (Fsp3) is 0.517. The van der Waals surface area contributed by atoms with Crippen molar-refractivity contribution in [1.82, 2.24) is 15.5 Å². The molecule has 1 aliphatic carbocycles. The van der Waals surface area contributed by atoms with Crippen LogP contribution in [0.2, 0.25) is 0 Å². The summed E-state index contributed by atoms with van der Waals surface area (Å²) in [5, 5.41) is 5.32. The molecule has 2 heterocycles. The maximum absolute atomic E-state index is 12.9. The van der Waals surface area contributed by atoms with E-state index in [0.29, 0.717) is 12.0 Å². The maximum Gasteiger partial charge on any atom is 0.416 e. The van der Waals surface area contributed by atoms with Gasteiger partial charge in [-0.1, -0.05) is 18.2 Å². The first-order valence-electron chi connectivity index (χ1n) is 13.6. The molecule has 6 nitrogen and oxygen atoms in total. The average Bonchev–Trinajstić information content (AvgIpc) is 3.44. The highest BCUT2D eigenvalue weighted by molar-refractivity contribution is 5.96. The van der Waals surface area contributed by atoms with Crippen LogP contribution in [0.3, 0.4) is 0 Å². The Labute approximate surface area is 221 Å². The molecule has 0 spiro atoms. The molecule has 0 bridgehead atoms. The molecule has 0 aromatic heterocycles. The lowest BCUT2D eigenvalue weighted by Gasteiger charge is -2.46. The van der Waals surface area contributed by atoms with Gasteiger partial charge in [0.05, 0.1) is 18.2 Å². The zero-order valence-corrected chi connectivity index (χ0v) is 21.5. The number of hydrogen-bond acceptors (Lipinski definition) is 4. The minimum Gasteiger partial charge on any atom is -0.372 e. The quantitative estimate of drug-likeness (QED) is 0.553. The summed E-state index contributed by atoms with van der Waals surface area (Å²) in [7, 11) is 0. The second-order valence-electron chi connectivity index (χ2n) is 10.8. The van der Waals surface area contributed by atoms with Crippen LogP contribution in [0.1, 0.15) is 65.9 Å². The molecule has 0 radical (unpaired) electrons. The van der Waals surface area contributed by atoms with Crippen LogP contribution in [0.15, 0.2) is 48.5 Å². The average molecular weight is 529 g/mol. The molecule has 0 atom stereocenters. The number of carbonyl (C=O) groups is 2. The smallest absolute Gasteiger partial charge is 0.372 e.